The fourth-order valence-corrected chi connectivity index (χ4v) is 2.01. The Labute approximate surface area is 107 Å². The average molecular weight is 249 g/mol. The summed E-state index contributed by atoms with van der Waals surface area (Å²) in [7, 11) is 3.77. The van der Waals surface area contributed by atoms with Crippen molar-refractivity contribution in [3.63, 3.8) is 0 Å². The van der Waals surface area contributed by atoms with Gasteiger partial charge in [0.25, 0.3) is 5.91 Å². The first-order valence-corrected chi connectivity index (χ1v) is 6.10. The Kier molecular flexibility index (Phi) is 3.26. The predicted molar refractivity (Wildman–Crippen MR) is 69.7 cm³/mol. The van der Waals surface area contributed by atoms with Crippen molar-refractivity contribution in [2.24, 2.45) is 0 Å². The molecule has 0 bridgehead atoms. The van der Waals surface area contributed by atoms with E-state index >= 15 is 0 Å². The van der Waals surface area contributed by atoms with Gasteiger partial charge in [-0.1, -0.05) is 6.92 Å². The normalized spacial score (nSPS) is 17.2. The Morgan fingerprint density at radius 3 is 2.78 bits per heavy atom. The number of aliphatic hydroxyl groups is 1. The Morgan fingerprint density at radius 2 is 2.22 bits per heavy atom. The Morgan fingerprint density at radius 1 is 1.56 bits per heavy atom. The summed E-state index contributed by atoms with van der Waals surface area (Å²) in [6, 6.07) is 3.48. The summed E-state index contributed by atoms with van der Waals surface area (Å²) in [5.41, 5.74) is -0.0700. The fourth-order valence-electron chi connectivity index (χ4n) is 2.01. The van der Waals surface area contributed by atoms with Gasteiger partial charge in [-0.3, -0.25) is 4.79 Å². The summed E-state index contributed by atoms with van der Waals surface area (Å²) in [6.07, 6.45) is 2.31. The number of β-amino-alcohol motifs (C(OH)–C–C–N with tert-alkyl or cyclic N) is 1. The summed E-state index contributed by atoms with van der Waals surface area (Å²) in [5, 5.41) is 9.91. The molecule has 1 aliphatic rings. The third kappa shape index (κ3) is 2.31. The number of anilines is 1. The molecule has 98 valence electrons. The zero-order chi connectivity index (χ0) is 13.3. The molecule has 0 saturated carbocycles. The average Bonchev–Trinajstić information content (AvgIpc) is 2.34. The predicted octanol–water partition coefficient (Wildman–Crippen LogP) is 0.745. The highest BCUT2D eigenvalue weighted by atomic mass is 16.3. The molecule has 2 rings (SSSR count). The lowest BCUT2D eigenvalue weighted by molar-refractivity contribution is -0.0826. The van der Waals surface area contributed by atoms with Gasteiger partial charge in [0, 0.05) is 25.9 Å². The lowest BCUT2D eigenvalue weighted by atomic mass is 9.91. The summed E-state index contributed by atoms with van der Waals surface area (Å²) in [5.74, 6) is 0.714. The van der Waals surface area contributed by atoms with Gasteiger partial charge in [0.15, 0.2) is 0 Å². The van der Waals surface area contributed by atoms with Crippen molar-refractivity contribution in [1.29, 1.82) is 0 Å². The number of rotatable bonds is 3. The minimum atomic E-state index is -0.687. The number of hydrogen-bond acceptors (Lipinski definition) is 4. The van der Waals surface area contributed by atoms with E-state index in [-0.39, 0.29) is 5.91 Å². The summed E-state index contributed by atoms with van der Waals surface area (Å²) in [6.45, 7) is 2.77. The molecule has 5 nitrogen and oxygen atoms in total. The third-order valence-electron chi connectivity index (χ3n) is 3.37. The van der Waals surface area contributed by atoms with Gasteiger partial charge in [0.2, 0.25) is 0 Å². The summed E-state index contributed by atoms with van der Waals surface area (Å²) in [4.78, 5) is 19.9. The lowest BCUT2D eigenvalue weighted by Crippen LogP contribution is -2.63. The highest BCUT2D eigenvalue weighted by Crippen LogP contribution is 2.26. The van der Waals surface area contributed by atoms with E-state index in [4.69, 9.17) is 0 Å². The number of carbonyl (C=O) groups is 1. The maximum Gasteiger partial charge on any atom is 0.254 e. The van der Waals surface area contributed by atoms with Crippen LogP contribution in [-0.2, 0) is 0 Å². The smallest absolute Gasteiger partial charge is 0.254 e. The second-order valence-corrected chi connectivity index (χ2v) is 5.04. The lowest BCUT2D eigenvalue weighted by Gasteiger charge is -2.46. The number of carbonyl (C=O) groups excluding carboxylic acids is 1. The van der Waals surface area contributed by atoms with Gasteiger partial charge >= 0.3 is 0 Å². The van der Waals surface area contributed by atoms with Crippen molar-refractivity contribution in [3.05, 3.63) is 23.9 Å². The number of amides is 1. The van der Waals surface area contributed by atoms with Crippen LogP contribution in [0.15, 0.2) is 18.3 Å². The summed E-state index contributed by atoms with van der Waals surface area (Å²) < 4.78 is 0. The van der Waals surface area contributed by atoms with E-state index in [1.54, 1.807) is 23.2 Å². The monoisotopic (exact) mass is 249 g/mol. The van der Waals surface area contributed by atoms with Gasteiger partial charge in [-0.2, -0.15) is 0 Å². The maximum atomic E-state index is 12.2. The molecule has 2 heterocycles. The molecule has 1 aliphatic heterocycles. The molecule has 1 N–H and O–H groups in total. The van der Waals surface area contributed by atoms with Crippen molar-refractivity contribution in [2.45, 2.75) is 18.9 Å². The van der Waals surface area contributed by atoms with Crippen molar-refractivity contribution in [2.75, 3.05) is 32.1 Å². The van der Waals surface area contributed by atoms with Crippen LogP contribution in [0, 0.1) is 0 Å². The first-order chi connectivity index (χ1) is 8.45. The van der Waals surface area contributed by atoms with E-state index in [0.29, 0.717) is 25.1 Å². The maximum absolute atomic E-state index is 12.2. The van der Waals surface area contributed by atoms with E-state index in [9.17, 15) is 9.90 Å². The van der Waals surface area contributed by atoms with Crippen molar-refractivity contribution in [1.82, 2.24) is 9.88 Å². The van der Waals surface area contributed by atoms with Crippen LogP contribution in [0.4, 0.5) is 5.82 Å². The van der Waals surface area contributed by atoms with E-state index in [0.717, 1.165) is 5.82 Å². The van der Waals surface area contributed by atoms with Crippen LogP contribution in [0.5, 0.6) is 0 Å². The second kappa shape index (κ2) is 4.57. The molecule has 1 aromatic heterocycles. The molecule has 0 unspecified atom stereocenters. The number of aromatic nitrogens is 1. The Hall–Kier alpha value is -1.62. The SMILES string of the molecule is CCC1(O)CN(C(=O)c2ccnc(N(C)C)c2)C1. The molecule has 0 aliphatic carbocycles. The van der Waals surface area contributed by atoms with Crippen LogP contribution < -0.4 is 4.90 Å². The minimum absolute atomic E-state index is 0.0429. The zero-order valence-electron chi connectivity index (χ0n) is 11.1. The standard InChI is InChI=1S/C13H19N3O2/c1-4-13(18)8-16(9-13)12(17)10-5-6-14-11(7-10)15(2)3/h5-7,18H,4,8-9H2,1-3H3. The molecule has 1 amide bonds. The molecular weight excluding hydrogens is 230 g/mol. The highest BCUT2D eigenvalue weighted by molar-refractivity contribution is 5.95. The number of hydrogen-bond donors (Lipinski definition) is 1. The molecule has 18 heavy (non-hydrogen) atoms. The van der Waals surface area contributed by atoms with E-state index in [1.807, 2.05) is 25.9 Å². The van der Waals surface area contributed by atoms with Gasteiger partial charge in [0.1, 0.15) is 5.82 Å². The Balaban J connectivity index is 2.09. The van der Waals surface area contributed by atoms with Crippen molar-refractivity contribution < 1.29 is 9.90 Å². The first-order valence-electron chi connectivity index (χ1n) is 6.10. The molecular formula is C13H19N3O2. The highest BCUT2D eigenvalue weighted by Gasteiger charge is 2.42. The molecule has 0 spiro atoms. The summed E-state index contributed by atoms with van der Waals surface area (Å²) >= 11 is 0. The zero-order valence-corrected chi connectivity index (χ0v) is 11.1. The van der Waals surface area contributed by atoms with Crippen molar-refractivity contribution in [3.8, 4) is 0 Å². The van der Waals surface area contributed by atoms with E-state index < -0.39 is 5.60 Å². The van der Waals surface area contributed by atoms with Crippen LogP contribution in [0.25, 0.3) is 0 Å². The molecule has 0 radical (unpaired) electrons. The van der Waals surface area contributed by atoms with Gasteiger partial charge in [-0.15, -0.1) is 0 Å². The van der Waals surface area contributed by atoms with Gasteiger partial charge < -0.3 is 14.9 Å². The topological polar surface area (TPSA) is 56.7 Å². The van der Waals surface area contributed by atoms with Gasteiger partial charge in [-0.05, 0) is 18.6 Å². The molecule has 0 atom stereocenters. The molecule has 1 fully saturated rings. The fraction of sp³-hybridized carbons (Fsp3) is 0.538. The van der Waals surface area contributed by atoms with Crippen LogP contribution >= 0.6 is 0 Å². The second-order valence-electron chi connectivity index (χ2n) is 5.04. The van der Waals surface area contributed by atoms with E-state index in [1.165, 1.54) is 0 Å². The molecule has 0 aromatic carbocycles. The van der Waals surface area contributed by atoms with Gasteiger partial charge in [0.05, 0.1) is 18.7 Å². The van der Waals surface area contributed by atoms with Crippen molar-refractivity contribution >= 4 is 11.7 Å². The quantitative estimate of drug-likeness (QED) is 0.858. The third-order valence-corrected chi connectivity index (χ3v) is 3.37. The number of nitrogens with zero attached hydrogens (tertiary/aromatic N) is 3. The molecule has 1 saturated heterocycles. The Bertz CT molecular complexity index is 453. The van der Waals surface area contributed by atoms with E-state index in [2.05, 4.69) is 4.98 Å². The first kappa shape index (κ1) is 12.8. The van der Waals surface area contributed by atoms with Crippen LogP contribution in [0.2, 0.25) is 0 Å². The van der Waals surface area contributed by atoms with Gasteiger partial charge in [-0.25, -0.2) is 4.98 Å². The largest absolute Gasteiger partial charge is 0.386 e. The number of pyridine rings is 1. The molecule has 1 aromatic rings. The number of likely N-dealkylation sites (tertiary alicyclic amines) is 1. The molecule has 5 heteroatoms. The van der Waals surface area contributed by atoms with Crippen LogP contribution in [0.3, 0.4) is 0 Å². The minimum Gasteiger partial charge on any atom is -0.386 e. The van der Waals surface area contributed by atoms with Crippen LogP contribution in [0.1, 0.15) is 23.7 Å². The van der Waals surface area contributed by atoms with Crippen LogP contribution in [-0.4, -0.2) is 53.7 Å².